The Morgan fingerprint density at radius 1 is 1.13 bits per heavy atom. The van der Waals surface area contributed by atoms with E-state index in [1.807, 2.05) is 12.1 Å². The number of fused-ring (bicyclic) bond motifs is 3. The van der Waals surface area contributed by atoms with E-state index in [9.17, 15) is 13.2 Å². The van der Waals surface area contributed by atoms with Gasteiger partial charge >= 0.3 is 6.18 Å². The predicted molar refractivity (Wildman–Crippen MR) is 117 cm³/mol. The molecule has 5 rings (SSSR count). The van der Waals surface area contributed by atoms with Gasteiger partial charge in [0.05, 0.1) is 12.7 Å². The molecule has 0 spiro atoms. The number of nitrogens with zero attached hydrogens (tertiary/aromatic N) is 2. The van der Waals surface area contributed by atoms with Crippen molar-refractivity contribution in [1.29, 1.82) is 0 Å². The zero-order valence-electron chi connectivity index (χ0n) is 18.1. The molecule has 0 aromatic heterocycles. The molecular weight excluding hydrogens is 401 g/mol. The van der Waals surface area contributed by atoms with Gasteiger partial charge in [-0.1, -0.05) is 13.0 Å². The molecule has 0 unspecified atom stereocenters. The molecule has 0 amide bonds. The SMILES string of the molecule is CCCN1CC[C@H]2[C@@H](C1)c1cc(-c3ccc(OC)cc3C(F)(F)F)cc3c1N2CCC3. The molecule has 0 saturated carbocycles. The van der Waals surface area contributed by atoms with Crippen molar-refractivity contribution >= 4 is 5.69 Å². The predicted octanol–water partition coefficient (Wildman–Crippen LogP) is 5.72. The number of alkyl halides is 3. The molecule has 6 heteroatoms. The van der Waals surface area contributed by atoms with E-state index in [0.29, 0.717) is 17.5 Å². The summed E-state index contributed by atoms with van der Waals surface area (Å²) < 4.78 is 46.8. The molecule has 1 saturated heterocycles. The molecule has 0 radical (unpaired) electrons. The number of benzene rings is 2. The zero-order chi connectivity index (χ0) is 21.8. The summed E-state index contributed by atoms with van der Waals surface area (Å²) >= 11 is 0. The van der Waals surface area contributed by atoms with Gasteiger partial charge in [-0.2, -0.15) is 13.2 Å². The summed E-state index contributed by atoms with van der Waals surface area (Å²) in [5, 5.41) is 0. The standard InChI is InChI=1S/C25H29F3N2O/c1-3-9-29-11-8-23-21(15-29)20-13-17(12-16-5-4-10-30(23)24(16)20)19-7-6-18(31-2)14-22(19)25(26,27)28/h6-7,12-14,21,23H,3-5,8-11,15H2,1-2H3/t21-,23-/m0/s1. The van der Waals surface area contributed by atoms with Crippen molar-refractivity contribution in [2.75, 3.05) is 38.2 Å². The van der Waals surface area contributed by atoms with Crippen LogP contribution in [0.4, 0.5) is 18.9 Å². The lowest BCUT2D eigenvalue weighted by Gasteiger charge is -2.40. The summed E-state index contributed by atoms with van der Waals surface area (Å²) in [6, 6.07) is 8.84. The summed E-state index contributed by atoms with van der Waals surface area (Å²) in [5.41, 5.74) is 4.07. The van der Waals surface area contributed by atoms with Gasteiger partial charge < -0.3 is 14.5 Å². The molecule has 0 bridgehead atoms. The van der Waals surface area contributed by atoms with E-state index in [1.165, 1.54) is 23.9 Å². The minimum absolute atomic E-state index is 0.229. The third-order valence-electron chi connectivity index (χ3n) is 7.19. The lowest BCUT2D eigenvalue weighted by Crippen LogP contribution is -2.47. The number of piperidine rings is 1. The van der Waals surface area contributed by atoms with Gasteiger partial charge in [-0.15, -0.1) is 0 Å². The average molecular weight is 431 g/mol. The molecule has 166 valence electrons. The number of likely N-dealkylation sites (tertiary alicyclic amines) is 1. The zero-order valence-corrected chi connectivity index (χ0v) is 18.1. The lowest BCUT2D eigenvalue weighted by atomic mass is 9.86. The fourth-order valence-corrected chi connectivity index (χ4v) is 5.92. The van der Waals surface area contributed by atoms with E-state index in [-0.39, 0.29) is 11.3 Å². The smallest absolute Gasteiger partial charge is 0.417 e. The van der Waals surface area contributed by atoms with Crippen LogP contribution in [0.25, 0.3) is 11.1 Å². The van der Waals surface area contributed by atoms with Crippen LogP contribution in [0.1, 0.15) is 48.8 Å². The van der Waals surface area contributed by atoms with Crippen LogP contribution in [-0.2, 0) is 12.6 Å². The summed E-state index contributed by atoms with van der Waals surface area (Å²) in [6.45, 7) is 6.46. The van der Waals surface area contributed by atoms with Crippen molar-refractivity contribution in [1.82, 2.24) is 4.90 Å². The van der Waals surface area contributed by atoms with E-state index in [0.717, 1.165) is 57.9 Å². The van der Waals surface area contributed by atoms with Crippen LogP contribution in [0, 0.1) is 0 Å². The second-order valence-corrected chi connectivity index (χ2v) is 9.04. The fraction of sp³-hybridized carbons (Fsp3) is 0.520. The summed E-state index contributed by atoms with van der Waals surface area (Å²) in [4.78, 5) is 5.08. The highest BCUT2D eigenvalue weighted by Gasteiger charge is 2.44. The van der Waals surface area contributed by atoms with Crippen LogP contribution in [0.2, 0.25) is 0 Å². The molecular formula is C25H29F3N2O. The van der Waals surface area contributed by atoms with Crippen LogP contribution >= 0.6 is 0 Å². The maximum Gasteiger partial charge on any atom is 0.417 e. The lowest BCUT2D eigenvalue weighted by molar-refractivity contribution is -0.137. The Kier molecular flexibility index (Phi) is 5.16. The van der Waals surface area contributed by atoms with Crippen molar-refractivity contribution in [2.24, 2.45) is 0 Å². The maximum atomic E-state index is 13.9. The Labute approximate surface area is 181 Å². The maximum absolute atomic E-state index is 13.9. The molecule has 2 atom stereocenters. The minimum atomic E-state index is -4.43. The normalized spacial score (nSPS) is 22.9. The monoisotopic (exact) mass is 430 g/mol. The Morgan fingerprint density at radius 2 is 1.97 bits per heavy atom. The van der Waals surface area contributed by atoms with Crippen molar-refractivity contribution in [3.8, 4) is 16.9 Å². The first-order chi connectivity index (χ1) is 14.9. The highest BCUT2D eigenvalue weighted by Crippen LogP contribution is 2.51. The number of halogens is 3. The largest absolute Gasteiger partial charge is 0.497 e. The van der Waals surface area contributed by atoms with Gasteiger partial charge in [0.15, 0.2) is 0 Å². The summed E-state index contributed by atoms with van der Waals surface area (Å²) in [5.74, 6) is 0.604. The van der Waals surface area contributed by atoms with E-state index in [4.69, 9.17) is 4.74 Å². The summed E-state index contributed by atoms with van der Waals surface area (Å²) in [7, 11) is 1.40. The van der Waals surface area contributed by atoms with Crippen molar-refractivity contribution in [2.45, 2.75) is 50.7 Å². The number of aryl methyl sites for hydroxylation is 1. The highest BCUT2D eigenvalue weighted by atomic mass is 19.4. The first-order valence-electron chi connectivity index (χ1n) is 11.3. The van der Waals surface area contributed by atoms with Crippen LogP contribution in [0.3, 0.4) is 0 Å². The fourth-order valence-electron chi connectivity index (χ4n) is 5.92. The molecule has 3 heterocycles. The second kappa shape index (κ2) is 7.73. The molecule has 1 fully saturated rings. The van der Waals surface area contributed by atoms with Gasteiger partial charge in [0.25, 0.3) is 0 Å². The quantitative estimate of drug-likeness (QED) is 0.618. The third-order valence-corrected chi connectivity index (χ3v) is 7.19. The molecule has 3 aliphatic heterocycles. The molecule has 31 heavy (non-hydrogen) atoms. The van der Waals surface area contributed by atoms with Gasteiger partial charge in [0, 0.05) is 37.3 Å². The van der Waals surface area contributed by atoms with Gasteiger partial charge in [-0.3, -0.25) is 0 Å². The van der Waals surface area contributed by atoms with E-state index in [1.54, 1.807) is 12.1 Å². The minimum Gasteiger partial charge on any atom is -0.497 e. The molecule has 3 aliphatic rings. The van der Waals surface area contributed by atoms with Crippen molar-refractivity contribution in [3.05, 3.63) is 47.0 Å². The Morgan fingerprint density at radius 3 is 2.71 bits per heavy atom. The number of methoxy groups -OCH3 is 1. The molecule has 3 nitrogen and oxygen atoms in total. The number of anilines is 1. The Hall–Kier alpha value is -2.21. The van der Waals surface area contributed by atoms with Crippen LogP contribution in [0.5, 0.6) is 5.75 Å². The molecule has 2 aromatic rings. The van der Waals surface area contributed by atoms with Gasteiger partial charge in [-0.25, -0.2) is 0 Å². The van der Waals surface area contributed by atoms with Crippen molar-refractivity contribution < 1.29 is 17.9 Å². The topological polar surface area (TPSA) is 15.7 Å². The Bertz CT molecular complexity index is 987. The van der Waals surface area contributed by atoms with Gasteiger partial charge in [-0.05, 0) is 78.7 Å². The third kappa shape index (κ3) is 3.49. The van der Waals surface area contributed by atoms with E-state index >= 15 is 0 Å². The second-order valence-electron chi connectivity index (χ2n) is 9.04. The molecule has 2 aromatic carbocycles. The van der Waals surface area contributed by atoms with Crippen LogP contribution in [0.15, 0.2) is 30.3 Å². The first-order valence-corrected chi connectivity index (χ1v) is 11.3. The van der Waals surface area contributed by atoms with E-state index in [2.05, 4.69) is 16.7 Å². The van der Waals surface area contributed by atoms with Crippen LogP contribution in [-0.4, -0.2) is 44.2 Å². The van der Waals surface area contributed by atoms with Gasteiger partial charge in [0.2, 0.25) is 0 Å². The molecule has 0 aliphatic carbocycles. The van der Waals surface area contributed by atoms with Crippen molar-refractivity contribution in [3.63, 3.8) is 0 Å². The van der Waals surface area contributed by atoms with Gasteiger partial charge in [0.1, 0.15) is 5.75 Å². The number of hydrogen-bond acceptors (Lipinski definition) is 3. The molecule has 0 N–H and O–H groups in total. The first kappa shape index (κ1) is 20.7. The Balaban J connectivity index is 1.63. The highest BCUT2D eigenvalue weighted by molar-refractivity contribution is 5.78. The summed E-state index contributed by atoms with van der Waals surface area (Å²) in [6.07, 6.45) is -0.184. The average Bonchev–Trinajstić information content (AvgIpc) is 3.08. The number of rotatable bonds is 4. The number of ether oxygens (including phenoxy) is 1. The van der Waals surface area contributed by atoms with E-state index < -0.39 is 11.7 Å². The number of hydrogen-bond donors (Lipinski definition) is 0. The van der Waals surface area contributed by atoms with Crippen LogP contribution < -0.4 is 9.64 Å².